The molecule has 0 aromatic heterocycles. The van der Waals surface area contributed by atoms with E-state index in [-0.39, 0.29) is 5.91 Å². The Kier molecular flexibility index (Phi) is 3.95. The van der Waals surface area contributed by atoms with Crippen LogP contribution in [0.4, 0.5) is 5.69 Å². The second-order valence-corrected chi connectivity index (χ2v) is 6.38. The Morgan fingerprint density at radius 2 is 2.10 bits per heavy atom. The van der Waals surface area contributed by atoms with Crippen LogP contribution in [0.3, 0.4) is 0 Å². The molecule has 3 heteroatoms. The molecular weight excluding hydrogens is 248 g/mol. The molecule has 1 amide bonds. The lowest BCUT2D eigenvalue weighted by molar-refractivity contribution is 0.0942. The molecule has 3 nitrogen and oxygen atoms in total. The number of anilines is 1. The van der Waals surface area contributed by atoms with Crippen molar-refractivity contribution in [3.63, 3.8) is 0 Å². The molecule has 1 aliphatic carbocycles. The van der Waals surface area contributed by atoms with E-state index in [1.807, 2.05) is 18.2 Å². The van der Waals surface area contributed by atoms with Crippen molar-refractivity contribution in [1.29, 1.82) is 0 Å². The number of fused-ring (bicyclic) bond motifs is 1. The second kappa shape index (κ2) is 5.86. The van der Waals surface area contributed by atoms with Crippen LogP contribution in [0.15, 0.2) is 18.2 Å². The highest BCUT2D eigenvalue weighted by Gasteiger charge is 2.19. The van der Waals surface area contributed by atoms with Gasteiger partial charge in [0, 0.05) is 24.3 Å². The van der Waals surface area contributed by atoms with Gasteiger partial charge >= 0.3 is 0 Å². The number of carbonyl (C=O) groups is 1. The molecule has 1 aliphatic heterocycles. The molecule has 20 heavy (non-hydrogen) atoms. The van der Waals surface area contributed by atoms with Crippen molar-refractivity contribution in [3.05, 3.63) is 29.3 Å². The summed E-state index contributed by atoms with van der Waals surface area (Å²) in [6.07, 6.45) is 6.16. The lowest BCUT2D eigenvalue weighted by Gasteiger charge is -2.26. The smallest absolute Gasteiger partial charge is 0.251 e. The minimum Gasteiger partial charge on any atom is -0.384 e. The summed E-state index contributed by atoms with van der Waals surface area (Å²) in [5.74, 6) is 1.62. The highest BCUT2D eigenvalue weighted by Crippen LogP contribution is 2.28. The van der Waals surface area contributed by atoms with Gasteiger partial charge in [-0.25, -0.2) is 0 Å². The molecule has 1 aromatic rings. The Labute approximate surface area is 121 Å². The molecule has 0 unspecified atom stereocenters. The van der Waals surface area contributed by atoms with Crippen LogP contribution in [0.25, 0.3) is 0 Å². The second-order valence-electron chi connectivity index (χ2n) is 6.38. The van der Waals surface area contributed by atoms with Gasteiger partial charge in [-0.15, -0.1) is 0 Å². The van der Waals surface area contributed by atoms with Gasteiger partial charge in [-0.05, 0) is 54.9 Å². The minimum atomic E-state index is 0.0818. The first-order valence-electron chi connectivity index (χ1n) is 7.87. The summed E-state index contributed by atoms with van der Waals surface area (Å²) in [5.41, 5.74) is 3.25. The average molecular weight is 272 g/mol. The van der Waals surface area contributed by atoms with Gasteiger partial charge in [0.15, 0.2) is 0 Å². The lowest BCUT2D eigenvalue weighted by Crippen LogP contribution is -2.31. The van der Waals surface area contributed by atoms with E-state index in [4.69, 9.17) is 0 Å². The lowest BCUT2D eigenvalue weighted by atomic mass is 9.83. The van der Waals surface area contributed by atoms with Crippen LogP contribution >= 0.6 is 0 Å². The average Bonchev–Trinajstić information content (AvgIpc) is 2.93. The Morgan fingerprint density at radius 3 is 2.90 bits per heavy atom. The van der Waals surface area contributed by atoms with Gasteiger partial charge < -0.3 is 10.6 Å². The molecule has 1 heterocycles. The molecule has 2 N–H and O–H groups in total. The van der Waals surface area contributed by atoms with Crippen LogP contribution in [0.2, 0.25) is 0 Å². The number of amides is 1. The number of hydrogen-bond donors (Lipinski definition) is 2. The number of hydrogen-bond acceptors (Lipinski definition) is 2. The predicted molar refractivity (Wildman–Crippen MR) is 82.1 cm³/mol. The molecule has 2 aliphatic rings. The van der Waals surface area contributed by atoms with Crippen molar-refractivity contribution in [1.82, 2.24) is 5.32 Å². The standard InChI is InChI=1S/C17H24N2O/c1-12-2-4-13(5-3-12)11-19-17(20)15-6-7-16-14(10-15)8-9-18-16/h6-7,10,12-13,18H,2-5,8-9,11H2,1H3,(H,19,20). The zero-order chi connectivity index (χ0) is 13.9. The quantitative estimate of drug-likeness (QED) is 0.887. The third-order valence-electron chi connectivity index (χ3n) is 4.76. The van der Waals surface area contributed by atoms with E-state index < -0.39 is 0 Å². The Balaban J connectivity index is 1.54. The van der Waals surface area contributed by atoms with Gasteiger partial charge in [-0.2, -0.15) is 0 Å². The Morgan fingerprint density at radius 1 is 1.30 bits per heavy atom. The van der Waals surface area contributed by atoms with E-state index in [0.717, 1.165) is 31.0 Å². The molecule has 0 spiro atoms. The molecule has 0 radical (unpaired) electrons. The van der Waals surface area contributed by atoms with Crippen LogP contribution in [0.5, 0.6) is 0 Å². The molecule has 0 atom stereocenters. The van der Waals surface area contributed by atoms with Crippen molar-refractivity contribution in [2.24, 2.45) is 11.8 Å². The fourth-order valence-corrected chi connectivity index (χ4v) is 3.32. The zero-order valence-corrected chi connectivity index (χ0v) is 12.2. The summed E-state index contributed by atoms with van der Waals surface area (Å²) in [6.45, 7) is 4.15. The number of carbonyl (C=O) groups excluding carboxylic acids is 1. The highest BCUT2D eigenvalue weighted by molar-refractivity contribution is 5.95. The summed E-state index contributed by atoms with van der Waals surface area (Å²) < 4.78 is 0. The molecule has 3 rings (SSSR count). The third-order valence-corrected chi connectivity index (χ3v) is 4.76. The van der Waals surface area contributed by atoms with Crippen LogP contribution in [0, 0.1) is 11.8 Å². The van der Waals surface area contributed by atoms with Crippen LogP contribution in [-0.2, 0) is 6.42 Å². The summed E-state index contributed by atoms with van der Waals surface area (Å²) in [5, 5.41) is 6.44. The van der Waals surface area contributed by atoms with E-state index in [9.17, 15) is 4.79 Å². The van der Waals surface area contributed by atoms with E-state index in [1.54, 1.807) is 0 Å². The normalized spacial score (nSPS) is 24.9. The van der Waals surface area contributed by atoms with Gasteiger partial charge in [-0.3, -0.25) is 4.79 Å². The van der Waals surface area contributed by atoms with Gasteiger partial charge in [-0.1, -0.05) is 19.8 Å². The van der Waals surface area contributed by atoms with E-state index >= 15 is 0 Å². The first-order chi connectivity index (χ1) is 9.72. The van der Waals surface area contributed by atoms with Crippen LogP contribution in [-0.4, -0.2) is 19.0 Å². The maximum absolute atomic E-state index is 12.2. The molecule has 1 fully saturated rings. The number of rotatable bonds is 3. The number of benzene rings is 1. The molecule has 1 saturated carbocycles. The maximum Gasteiger partial charge on any atom is 0.251 e. The van der Waals surface area contributed by atoms with Crippen molar-refractivity contribution in [2.75, 3.05) is 18.4 Å². The van der Waals surface area contributed by atoms with Crippen LogP contribution in [0.1, 0.15) is 48.5 Å². The fraction of sp³-hybridized carbons (Fsp3) is 0.588. The fourth-order valence-electron chi connectivity index (χ4n) is 3.32. The molecule has 0 bridgehead atoms. The van der Waals surface area contributed by atoms with Gasteiger partial charge in [0.2, 0.25) is 0 Å². The minimum absolute atomic E-state index is 0.0818. The Hall–Kier alpha value is -1.51. The van der Waals surface area contributed by atoms with Crippen molar-refractivity contribution in [3.8, 4) is 0 Å². The first kappa shape index (κ1) is 13.5. The SMILES string of the molecule is CC1CCC(CNC(=O)c2ccc3c(c2)CCN3)CC1. The highest BCUT2D eigenvalue weighted by atomic mass is 16.1. The van der Waals surface area contributed by atoms with Crippen LogP contribution < -0.4 is 10.6 Å². The first-order valence-corrected chi connectivity index (χ1v) is 7.87. The Bertz CT molecular complexity index is 490. The van der Waals surface area contributed by atoms with Crippen molar-refractivity contribution in [2.45, 2.75) is 39.0 Å². The van der Waals surface area contributed by atoms with Crippen molar-refractivity contribution < 1.29 is 4.79 Å². The van der Waals surface area contributed by atoms with E-state index in [0.29, 0.717) is 5.92 Å². The molecule has 108 valence electrons. The summed E-state index contributed by atoms with van der Waals surface area (Å²) in [6, 6.07) is 5.99. The predicted octanol–water partition coefficient (Wildman–Crippen LogP) is 3.21. The van der Waals surface area contributed by atoms with Crippen molar-refractivity contribution >= 4 is 11.6 Å². The zero-order valence-electron chi connectivity index (χ0n) is 12.2. The monoisotopic (exact) mass is 272 g/mol. The maximum atomic E-state index is 12.2. The van der Waals surface area contributed by atoms with E-state index in [1.165, 1.54) is 36.9 Å². The number of nitrogens with one attached hydrogen (secondary N) is 2. The van der Waals surface area contributed by atoms with Gasteiger partial charge in [0.1, 0.15) is 0 Å². The van der Waals surface area contributed by atoms with Gasteiger partial charge in [0.25, 0.3) is 5.91 Å². The topological polar surface area (TPSA) is 41.1 Å². The summed E-state index contributed by atoms with van der Waals surface area (Å²) >= 11 is 0. The molecule has 0 saturated heterocycles. The third kappa shape index (κ3) is 2.97. The summed E-state index contributed by atoms with van der Waals surface area (Å²) in [4.78, 5) is 12.2. The molecular formula is C17H24N2O. The van der Waals surface area contributed by atoms with E-state index in [2.05, 4.69) is 17.6 Å². The van der Waals surface area contributed by atoms with Gasteiger partial charge in [0.05, 0.1) is 0 Å². The summed E-state index contributed by atoms with van der Waals surface area (Å²) in [7, 11) is 0. The molecule has 1 aromatic carbocycles. The largest absolute Gasteiger partial charge is 0.384 e.